The number of benzene rings is 3. The Morgan fingerprint density at radius 1 is 0.816 bits per heavy atom. The van der Waals surface area contributed by atoms with Crippen molar-refractivity contribution < 1.29 is 23.8 Å². The Labute approximate surface area is 223 Å². The van der Waals surface area contributed by atoms with Crippen LogP contribution in [0.25, 0.3) is 0 Å². The van der Waals surface area contributed by atoms with Gasteiger partial charge in [0.05, 0.1) is 12.8 Å². The van der Waals surface area contributed by atoms with E-state index in [0.29, 0.717) is 25.8 Å². The number of nitrogens with one attached hydrogen (secondary N) is 1. The second kappa shape index (κ2) is 10.7. The van der Waals surface area contributed by atoms with Crippen LogP contribution in [-0.4, -0.2) is 41.9 Å². The van der Waals surface area contributed by atoms with Crippen molar-refractivity contribution in [2.24, 2.45) is 5.92 Å². The highest BCUT2D eigenvalue weighted by Crippen LogP contribution is 2.55. The minimum absolute atomic E-state index is 0.0102. The Kier molecular flexibility index (Phi) is 7.00. The zero-order valence-electron chi connectivity index (χ0n) is 21.3. The molecule has 0 amide bonds. The van der Waals surface area contributed by atoms with Crippen LogP contribution in [-0.2, 0) is 43.2 Å². The monoisotopic (exact) mass is 511 g/mol. The summed E-state index contributed by atoms with van der Waals surface area (Å²) in [5, 5.41) is 3.69. The molecule has 38 heavy (non-hydrogen) atoms. The predicted octanol–water partition coefficient (Wildman–Crippen LogP) is 4.41. The number of rotatable bonds is 9. The van der Waals surface area contributed by atoms with E-state index in [2.05, 4.69) is 17.4 Å². The number of carbonyl (C=O) groups excluding carboxylic acids is 2. The van der Waals surface area contributed by atoms with Gasteiger partial charge in [0.2, 0.25) is 0 Å². The quantitative estimate of drug-likeness (QED) is 0.339. The molecular formula is C32H33NO5. The fourth-order valence-corrected chi connectivity index (χ4v) is 6.31. The normalized spacial score (nSPS) is 29.1. The van der Waals surface area contributed by atoms with Gasteiger partial charge in [-0.05, 0) is 36.0 Å². The van der Waals surface area contributed by atoms with Gasteiger partial charge in [-0.25, -0.2) is 0 Å². The van der Waals surface area contributed by atoms with Crippen LogP contribution in [0.5, 0.6) is 0 Å². The molecule has 3 fully saturated rings. The molecule has 3 aromatic rings. The van der Waals surface area contributed by atoms with Crippen LogP contribution in [0.3, 0.4) is 0 Å². The van der Waals surface area contributed by atoms with Crippen molar-refractivity contribution in [2.45, 2.75) is 68.6 Å². The third-order valence-corrected chi connectivity index (χ3v) is 8.14. The molecule has 6 heteroatoms. The second-order valence-electron chi connectivity index (χ2n) is 10.7. The van der Waals surface area contributed by atoms with Gasteiger partial charge in [0.25, 0.3) is 0 Å². The molecule has 0 aromatic heterocycles. The molecule has 1 heterocycles. The van der Waals surface area contributed by atoms with E-state index in [1.54, 1.807) is 0 Å². The van der Waals surface area contributed by atoms with Gasteiger partial charge in [-0.2, -0.15) is 0 Å². The van der Waals surface area contributed by atoms with Crippen molar-refractivity contribution in [1.82, 2.24) is 5.32 Å². The lowest BCUT2D eigenvalue weighted by Crippen LogP contribution is -2.61. The Morgan fingerprint density at radius 2 is 1.39 bits per heavy atom. The number of carbonyl (C=O) groups is 2. The number of epoxide rings is 1. The highest BCUT2D eigenvalue weighted by atomic mass is 16.6. The zero-order chi connectivity index (χ0) is 26.0. The van der Waals surface area contributed by atoms with E-state index < -0.39 is 5.60 Å². The first-order valence-electron chi connectivity index (χ1n) is 13.5. The lowest BCUT2D eigenvalue weighted by Gasteiger charge is -2.48. The Bertz CT molecular complexity index is 1250. The van der Waals surface area contributed by atoms with Crippen LogP contribution in [0.2, 0.25) is 0 Å². The minimum Gasteiger partial charge on any atom is -0.462 e. The fraction of sp³-hybridized carbons (Fsp3) is 0.375. The third kappa shape index (κ3) is 5.38. The molecule has 1 aliphatic heterocycles. The molecule has 3 aromatic carbocycles. The van der Waals surface area contributed by atoms with Gasteiger partial charge in [0.15, 0.2) is 0 Å². The first kappa shape index (κ1) is 24.8. The van der Waals surface area contributed by atoms with Gasteiger partial charge in [0, 0.05) is 18.5 Å². The van der Waals surface area contributed by atoms with E-state index in [4.69, 9.17) is 14.2 Å². The maximum Gasteiger partial charge on any atom is 0.310 e. The molecule has 1 N–H and O–H groups in total. The number of esters is 2. The highest BCUT2D eigenvalue weighted by Gasteiger charge is 2.68. The largest absolute Gasteiger partial charge is 0.462 e. The van der Waals surface area contributed by atoms with Crippen molar-refractivity contribution >= 4 is 11.9 Å². The SMILES string of the molecule is O=C(Cc1ccccc1)O[C@@H]1CC[C@@]2(OC(=O)Cc3ccccc3)CC1[C@@H](NCc1ccccc1)[C@@H]1O[C@@H]12. The van der Waals surface area contributed by atoms with Gasteiger partial charge < -0.3 is 19.5 Å². The summed E-state index contributed by atoms with van der Waals surface area (Å²) in [7, 11) is 0. The Balaban J connectivity index is 1.18. The van der Waals surface area contributed by atoms with Crippen LogP contribution in [0.15, 0.2) is 91.0 Å². The van der Waals surface area contributed by atoms with Crippen LogP contribution in [0, 0.1) is 5.92 Å². The van der Waals surface area contributed by atoms with Gasteiger partial charge in [-0.3, -0.25) is 9.59 Å². The summed E-state index contributed by atoms with van der Waals surface area (Å²) in [6.07, 6.45) is 1.89. The predicted molar refractivity (Wildman–Crippen MR) is 142 cm³/mol. The number of ether oxygens (including phenoxy) is 3. The van der Waals surface area contributed by atoms with Crippen molar-refractivity contribution in [3.8, 4) is 0 Å². The summed E-state index contributed by atoms with van der Waals surface area (Å²) in [6.45, 7) is 0.695. The summed E-state index contributed by atoms with van der Waals surface area (Å²) in [5.41, 5.74) is 2.38. The molecule has 2 bridgehead atoms. The van der Waals surface area contributed by atoms with E-state index in [-0.39, 0.29) is 55.1 Å². The zero-order valence-corrected chi connectivity index (χ0v) is 21.3. The maximum atomic E-state index is 13.0. The van der Waals surface area contributed by atoms with E-state index in [0.717, 1.165) is 11.1 Å². The smallest absolute Gasteiger partial charge is 0.310 e. The molecular weight excluding hydrogens is 478 g/mol. The highest BCUT2D eigenvalue weighted by molar-refractivity contribution is 5.73. The summed E-state index contributed by atoms with van der Waals surface area (Å²) >= 11 is 0. The van der Waals surface area contributed by atoms with Gasteiger partial charge in [-0.1, -0.05) is 91.0 Å². The lowest BCUT2D eigenvalue weighted by atomic mass is 9.65. The van der Waals surface area contributed by atoms with Gasteiger partial charge >= 0.3 is 11.9 Å². The molecule has 6 rings (SSSR count). The third-order valence-electron chi connectivity index (χ3n) is 8.14. The van der Waals surface area contributed by atoms with E-state index in [9.17, 15) is 9.59 Å². The van der Waals surface area contributed by atoms with Gasteiger partial charge in [-0.15, -0.1) is 0 Å². The van der Waals surface area contributed by atoms with E-state index in [1.807, 2.05) is 78.9 Å². The average molecular weight is 512 g/mol. The molecule has 2 aliphatic carbocycles. The maximum absolute atomic E-state index is 13.0. The van der Waals surface area contributed by atoms with Crippen LogP contribution >= 0.6 is 0 Å². The second-order valence-corrected chi connectivity index (χ2v) is 10.7. The van der Waals surface area contributed by atoms with Crippen LogP contribution < -0.4 is 5.32 Å². The molecule has 1 unspecified atom stereocenters. The Hall–Kier alpha value is -3.48. The van der Waals surface area contributed by atoms with E-state index >= 15 is 0 Å². The molecule has 3 aliphatic rings. The number of hydrogen-bond acceptors (Lipinski definition) is 6. The van der Waals surface area contributed by atoms with Crippen molar-refractivity contribution in [1.29, 1.82) is 0 Å². The van der Waals surface area contributed by atoms with E-state index in [1.165, 1.54) is 5.56 Å². The first-order valence-corrected chi connectivity index (χ1v) is 13.5. The van der Waals surface area contributed by atoms with Gasteiger partial charge in [0.1, 0.15) is 23.9 Å². The molecule has 6 atom stereocenters. The van der Waals surface area contributed by atoms with Crippen molar-refractivity contribution in [3.63, 3.8) is 0 Å². The minimum atomic E-state index is -0.672. The van der Waals surface area contributed by atoms with Crippen LogP contribution in [0.1, 0.15) is 36.0 Å². The molecule has 196 valence electrons. The summed E-state index contributed by atoms with van der Waals surface area (Å²) in [6, 6.07) is 29.6. The molecule has 1 saturated heterocycles. The molecule has 0 spiro atoms. The first-order chi connectivity index (χ1) is 18.6. The van der Waals surface area contributed by atoms with Crippen molar-refractivity contribution in [2.75, 3.05) is 0 Å². The molecule has 0 radical (unpaired) electrons. The molecule has 6 nitrogen and oxygen atoms in total. The summed E-state index contributed by atoms with van der Waals surface area (Å²) in [5.74, 6) is -0.477. The van der Waals surface area contributed by atoms with Crippen molar-refractivity contribution in [3.05, 3.63) is 108 Å². The molecule has 2 saturated carbocycles. The summed E-state index contributed by atoms with van der Waals surface area (Å²) in [4.78, 5) is 25.9. The Morgan fingerprint density at radius 3 is 2.03 bits per heavy atom. The lowest BCUT2D eigenvalue weighted by molar-refractivity contribution is -0.182. The average Bonchev–Trinajstić information content (AvgIpc) is 3.74. The fourth-order valence-electron chi connectivity index (χ4n) is 6.31. The van der Waals surface area contributed by atoms with Crippen LogP contribution in [0.4, 0.5) is 0 Å². The number of hydrogen-bond donors (Lipinski definition) is 1. The number of fused-ring (bicyclic) bond motifs is 4. The topological polar surface area (TPSA) is 77.2 Å². The summed E-state index contributed by atoms with van der Waals surface area (Å²) < 4.78 is 18.6. The standard InChI is InChI=1S/C32H33NO5/c34-27(18-22-10-4-1-5-11-22)36-26-16-17-32(38-28(35)19-23-12-6-2-7-13-23)20-25(26)29(30-31(32)37-30)33-21-24-14-8-3-9-15-24/h1-15,25-26,29-31,33H,16-21H2/t25?,26-,29-,30+,31+,32-/m1/s1.